The van der Waals surface area contributed by atoms with Crippen molar-refractivity contribution in [3.63, 3.8) is 0 Å². The standard InChI is InChI=1S/C24H25FO4/c1-14(5-12-22(28-4)16(3)25)23-19-10-11-21(27)15(2)24(19)29-13-20(23)17-6-8-18(26)9-7-17/h5-12,20,23,26-27H,1,13H2,2-4H3/b12-5-,22-16-/t20-,23-/m0/s1. The molecule has 0 bridgehead atoms. The summed E-state index contributed by atoms with van der Waals surface area (Å²) in [5.41, 5.74) is 3.32. The van der Waals surface area contributed by atoms with Gasteiger partial charge in [-0.05, 0) is 49.3 Å². The van der Waals surface area contributed by atoms with E-state index in [-0.39, 0.29) is 29.1 Å². The van der Waals surface area contributed by atoms with Crippen molar-refractivity contribution in [2.75, 3.05) is 13.7 Å². The fourth-order valence-electron chi connectivity index (χ4n) is 3.70. The molecule has 0 aromatic heterocycles. The molecule has 29 heavy (non-hydrogen) atoms. The Morgan fingerprint density at radius 3 is 2.48 bits per heavy atom. The van der Waals surface area contributed by atoms with Gasteiger partial charge in [-0.3, -0.25) is 0 Å². The first-order valence-corrected chi connectivity index (χ1v) is 9.35. The van der Waals surface area contributed by atoms with Crippen molar-refractivity contribution in [2.24, 2.45) is 0 Å². The molecule has 4 nitrogen and oxygen atoms in total. The number of halogens is 1. The molecule has 0 saturated heterocycles. The highest BCUT2D eigenvalue weighted by atomic mass is 19.1. The second-order valence-electron chi connectivity index (χ2n) is 7.12. The predicted octanol–water partition coefficient (Wildman–Crippen LogP) is 5.63. The molecule has 0 amide bonds. The molecule has 1 heterocycles. The SMILES string of the molecule is C=C(/C=C\C(OC)=C(/C)F)[C@H]1c2ccc(O)c(C)c2OC[C@H]1c1ccc(O)cc1. The number of fused-ring (bicyclic) bond motifs is 1. The number of allylic oxidation sites excluding steroid dienone is 4. The molecule has 1 aliphatic heterocycles. The molecule has 0 fully saturated rings. The number of ether oxygens (including phenoxy) is 2. The van der Waals surface area contributed by atoms with Crippen molar-refractivity contribution in [1.82, 2.24) is 0 Å². The third kappa shape index (κ3) is 4.14. The Hall–Kier alpha value is -3.21. The van der Waals surface area contributed by atoms with Crippen LogP contribution < -0.4 is 4.74 Å². The molecule has 0 unspecified atom stereocenters. The van der Waals surface area contributed by atoms with Crippen LogP contribution in [0, 0.1) is 6.92 Å². The summed E-state index contributed by atoms with van der Waals surface area (Å²) in [7, 11) is 1.42. The summed E-state index contributed by atoms with van der Waals surface area (Å²) in [6.45, 7) is 7.76. The smallest absolute Gasteiger partial charge is 0.149 e. The molecular weight excluding hydrogens is 371 g/mol. The molecule has 1 aliphatic rings. The number of phenolic OH excluding ortho intramolecular Hbond substituents is 2. The van der Waals surface area contributed by atoms with Crippen molar-refractivity contribution < 1.29 is 24.1 Å². The summed E-state index contributed by atoms with van der Waals surface area (Å²) < 4.78 is 24.7. The van der Waals surface area contributed by atoms with E-state index < -0.39 is 5.83 Å². The maximum absolute atomic E-state index is 13.6. The normalized spacial score (nSPS) is 19.3. The van der Waals surface area contributed by atoms with Crippen LogP contribution in [0.5, 0.6) is 17.2 Å². The lowest BCUT2D eigenvalue weighted by atomic mass is 9.75. The third-order valence-corrected chi connectivity index (χ3v) is 5.28. The van der Waals surface area contributed by atoms with Crippen LogP contribution in [0.4, 0.5) is 4.39 Å². The van der Waals surface area contributed by atoms with Crippen molar-refractivity contribution in [2.45, 2.75) is 25.7 Å². The van der Waals surface area contributed by atoms with Crippen molar-refractivity contribution in [3.8, 4) is 17.2 Å². The monoisotopic (exact) mass is 396 g/mol. The van der Waals surface area contributed by atoms with E-state index in [2.05, 4.69) is 6.58 Å². The fraction of sp³-hybridized carbons (Fsp3) is 0.250. The summed E-state index contributed by atoms with van der Waals surface area (Å²) in [5, 5.41) is 19.7. The van der Waals surface area contributed by atoms with Crippen molar-refractivity contribution >= 4 is 0 Å². The number of hydrogen-bond acceptors (Lipinski definition) is 4. The molecule has 5 heteroatoms. The Labute approximate surface area is 170 Å². The highest BCUT2D eigenvalue weighted by Crippen LogP contribution is 2.48. The lowest BCUT2D eigenvalue weighted by Gasteiger charge is -2.35. The van der Waals surface area contributed by atoms with Crippen LogP contribution in [-0.4, -0.2) is 23.9 Å². The quantitative estimate of drug-likeness (QED) is 0.508. The summed E-state index contributed by atoms with van der Waals surface area (Å²) in [6.07, 6.45) is 3.31. The van der Waals surface area contributed by atoms with Gasteiger partial charge in [0, 0.05) is 23.0 Å². The summed E-state index contributed by atoms with van der Waals surface area (Å²) >= 11 is 0. The van der Waals surface area contributed by atoms with Gasteiger partial charge in [0.25, 0.3) is 0 Å². The molecule has 0 aliphatic carbocycles. The van der Waals surface area contributed by atoms with Gasteiger partial charge in [-0.1, -0.05) is 30.9 Å². The molecule has 2 aromatic carbocycles. The highest BCUT2D eigenvalue weighted by Gasteiger charge is 2.34. The largest absolute Gasteiger partial charge is 0.508 e. The van der Waals surface area contributed by atoms with Gasteiger partial charge in [0.05, 0.1) is 13.7 Å². The predicted molar refractivity (Wildman–Crippen MR) is 111 cm³/mol. The zero-order valence-corrected chi connectivity index (χ0v) is 16.8. The minimum absolute atomic E-state index is 0.0642. The number of hydrogen-bond donors (Lipinski definition) is 2. The topological polar surface area (TPSA) is 58.9 Å². The average Bonchev–Trinajstić information content (AvgIpc) is 2.70. The molecule has 2 aromatic rings. The van der Waals surface area contributed by atoms with Gasteiger partial charge in [0.2, 0.25) is 0 Å². The second kappa shape index (κ2) is 8.43. The molecule has 0 radical (unpaired) electrons. The molecular formula is C24H25FO4. The Bertz CT molecular complexity index is 969. The first kappa shape index (κ1) is 20.5. The molecule has 0 saturated carbocycles. The Kier molecular flexibility index (Phi) is 5.97. The number of phenols is 2. The fourth-order valence-corrected chi connectivity index (χ4v) is 3.70. The van der Waals surface area contributed by atoms with E-state index in [0.29, 0.717) is 17.9 Å². The van der Waals surface area contributed by atoms with Gasteiger partial charge in [-0.2, -0.15) is 0 Å². The molecule has 0 spiro atoms. The van der Waals surface area contributed by atoms with E-state index in [1.165, 1.54) is 14.0 Å². The Morgan fingerprint density at radius 1 is 1.17 bits per heavy atom. The van der Waals surface area contributed by atoms with E-state index in [0.717, 1.165) is 16.7 Å². The van der Waals surface area contributed by atoms with E-state index in [1.54, 1.807) is 30.4 Å². The van der Waals surface area contributed by atoms with E-state index in [4.69, 9.17) is 9.47 Å². The first-order chi connectivity index (χ1) is 13.8. The van der Waals surface area contributed by atoms with Crippen LogP contribution in [0.3, 0.4) is 0 Å². The van der Waals surface area contributed by atoms with Gasteiger partial charge in [-0.25, -0.2) is 4.39 Å². The summed E-state index contributed by atoms with van der Waals surface area (Å²) in [4.78, 5) is 0. The molecule has 152 valence electrons. The summed E-state index contributed by atoms with van der Waals surface area (Å²) in [5.74, 6) is 0.507. The Balaban J connectivity index is 2.07. The van der Waals surface area contributed by atoms with Crippen molar-refractivity contribution in [3.05, 3.63) is 89.0 Å². The van der Waals surface area contributed by atoms with Gasteiger partial charge in [0.1, 0.15) is 28.8 Å². The zero-order valence-electron chi connectivity index (χ0n) is 16.8. The van der Waals surface area contributed by atoms with E-state index in [9.17, 15) is 14.6 Å². The van der Waals surface area contributed by atoms with Gasteiger partial charge in [0.15, 0.2) is 0 Å². The summed E-state index contributed by atoms with van der Waals surface area (Å²) in [6, 6.07) is 10.5. The third-order valence-electron chi connectivity index (χ3n) is 5.28. The maximum Gasteiger partial charge on any atom is 0.149 e. The number of aromatic hydroxyl groups is 2. The molecule has 2 atom stereocenters. The minimum atomic E-state index is -0.417. The number of rotatable bonds is 5. The first-order valence-electron chi connectivity index (χ1n) is 9.35. The van der Waals surface area contributed by atoms with Crippen molar-refractivity contribution in [1.29, 1.82) is 0 Å². The van der Waals surface area contributed by atoms with Crippen LogP contribution in [0.1, 0.15) is 35.4 Å². The lowest BCUT2D eigenvalue weighted by molar-refractivity contribution is 0.245. The van der Waals surface area contributed by atoms with E-state index in [1.807, 2.05) is 25.1 Å². The molecule has 3 rings (SSSR count). The molecule has 2 N–H and O–H groups in total. The number of benzene rings is 2. The van der Waals surface area contributed by atoms with Gasteiger partial charge in [-0.15, -0.1) is 0 Å². The van der Waals surface area contributed by atoms with E-state index >= 15 is 0 Å². The maximum atomic E-state index is 13.6. The van der Waals surface area contributed by atoms with Gasteiger partial charge >= 0.3 is 0 Å². The lowest BCUT2D eigenvalue weighted by Crippen LogP contribution is -2.25. The highest BCUT2D eigenvalue weighted by molar-refractivity contribution is 5.56. The minimum Gasteiger partial charge on any atom is -0.508 e. The number of methoxy groups -OCH3 is 1. The van der Waals surface area contributed by atoms with Crippen LogP contribution in [-0.2, 0) is 4.74 Å². The second-order valence-corrected chi connectivity index (χ2v) is 7.12. The van der Waals surface area contributed by atoms with Crippen LogP contribution in [0.25, 0.3) is 0 Å². The average molecular weight is 396 g/mol. The van der Waals surface area contributed by atoms with Crippen LogP contribution >= 0.6 is 0 Å². The Morgan fingerprint density at radius 2 is 1.86 bits per heavy atom. The van der Waals surface area contributed by atoms with Gasteiger partial charge < -0.3 is 19.7 Å². The van der Waals surface area contributed by atoms with Crippen LogP contribution in [0.2, 0.25) is 0 Å². The zero-order chi connectivity index (χ0) is 21.1. The van der Waals surface area contributed by atoms with Crippen LogP contribution in [0.15, 0.2) is 72.3 Å².